The molecule has 1 unspecified atom stereocenters. The van der Waals surface area contributed by atoms with E-state index in [-0.39, 0.29) is 5.60 Å². The Balaban J connectivity index is 2.25. The molecule has 0 saturated carbocycles. The van der Waals surface area contributed by atoms with Crippen molar-refractivity contribution in [2.45, 2.75) is 38.3 Å². The molecular weight excluding hydrogens is 198 g/mol. The summed E-state index contributed by atoms with van der Waals surface area (Å²) >= 11 is 0. The largest absolute Gasteiger partial charge is 0.374 e. The van der Waals surface area contributed by atoms with Gasteiger partial charge < -0.3 is 10.1 Å². The highest BCUT2D eigenvalue weighted by atomic mass is 16.5. The first-order valence-electron chi connectivity index (χ1n) is 6.02. The van der Waals surface area contributed by atoms with Crippen LogP contribution in [0.4, 0.5) is 0 Å². The molecule has 1 saturated heterocycles. The second-order valence-electron chi connectivity index (χ2n) is 4.99. The van der Waals surface area contributed by atoms with E-state index in [0.717, 1.165) is 6.54 Å². The zero-order valence-electron chi connectivity index (χ0n) is 10.4. The molecular formula is C14H21NO. The van der Waals surface area contributed by atoms with Gasteiger partial charge in [0.25, 0.3) is 0 Å². The van der Waals surface area contributed by atoms with Gasteiger partial charge in [-0.25, -0.2) is 0 Å². The Bertz CT molecular complexity index is 354. The lowest BCUT2D eigenvalue weighted by Crippen LogP contribution is -2.20. The molecule has 1 aromatic carbocycles. The fourth-order valence-corrected chi connectivity index (χ4v) is 2.22. The molecule has 1 aromatic rings. The van der Waals surface area contributed by atoms with Gasteiger partial charge in [0.1, 0.15) is 0 Å². The summed E-state index contributed by atoms with van der Waals surface area (Å²) in [7, 11) is 1.76. The predicted octanol–water partition coefficient (Wildman–Crippen LogP) is 2.99. The van der Waals surface area contributed by atoms with E-state index >= 15 is 0 Å². The number of hydrogen-bond donors (Lipinski definition) is 1. The van der Waals surface area contributed by atoms with Gasteiger partial charge in [0.05, 0.1) is 5.60 Å². The summed E-state index contributed by atoms with van der Waals surface area (Å²) in [6, 6.07) is 9.28. The zero-order valence-corrected chi connectivity index (χ0v) is 10.4. The standard InChI is InChI=1S/C14H21NO/c1-14(2,16-3)12-7-4-6-11(10-12)13-8-5-9-15-13/h4,6-7,10,13,15H,5,8-9H2,1-3H3. The van der Waals surface area contributed by atoms with Crippen LogP contribution in [0, 0.1) is 0 Å². The molecule has 0 amide bonds. The van der Waals surface area contributed by atoms with Crippen molar-refractivity contribution in [2.75, 3.05) is 13.7 Å². The third-order valence-electron chi connectivity index (χ3n) is 3.55. The second-order valence-corrected chi connectivity index (χ2v) is 4.99. The number of benzene rings is 1. The maximum absolute atomic E-state index is 5.52. The van der Waals surface area contributed by atoms with Crippen molar-refractivity contribution in [3.63, 3.8) is 0 Å². The average molecular weight is 219 g/mol. The van der Waals surface area contributed by atoms with Crippen LogP contribution in [0.1, 0.15) is 43.9 Å². The predicted molar refractivity (Wildman–Crippen MR) is 66.5 cm³/mol. The molecule has 0 spiro atoms. The van der Waals surface area contributed by atoms with E-state index in [1.807, 2.05) is 0 Å². The fourth-order valence-electron chi connectivity index (χ4n) is 2.22. The number of nitrogens with one attached hydrogen (secondary N) is 1. The van der Waals surface area contributed by atoms with Crippen LogP contribution in [0.3, 0.4) is 0 Å². The molecule has 1 aliphatic heterocycles. The first-order valence-corrected chi connectivity index (χ1v) is 6.02. The Morgan fingerprint density at radius 2 is 2.19 bits per heavy atom. The number of hydrogen-bond acceptors (Lipinski definition) is 2. The molecule has 1 heterocycles. The summed E-state index contributed by atoms with van der Waals surface area (Å²) in [5.41, 5.74) is 2.44. The summed E-state index contributed by atoms with van der Waals surface area (Å²) in [4.78, 5) is 0. The van der Waals surface area contributed by atoms with Gasteiger partial charge in [-0.3, -0.25) is 0 Å². The smallest absolute Gasteiger partial charge is 0.0871 e. The molecule has 1 fully saturated rings. The molecule has 2 rings (SSSR count). The van der Waals surface area contributed by atoms with E-state index in [1.165, 1.54) is 24.0 Å². The van der Waals surface area contributed by atoms with Crippen LogP contribution in [-0.2, 0) is 10.3 Å². The van der Waals surface area contributed by atoms with E-state index < -0.39 is 0 Å². The van der Waals surface area contributed by atoms with Gasteiger partial charge in [0.2, 0.25) is 0 Å². The van der Waals surface area contributed by atoms with Crippen LogP contribution >= 0.6 is 0 Å². The Labute approximate surface area is 98.0 Å². The van der Waals surface area contributed by atoms with Gasteiger partial charge >= 0.3 is 0 Å². The summed E-state index contributed by atoms with van der Waals surface area (Å²) in [5, 5.41) is 3.53. The fraction of sp³-hybridized carbons (Fsp3) is 0.571. The maximum atomic E-state index is 5.52. The Kier molecular flexibility index (Phi) is 3.31. The van der Waals surface area contributed by atoms with Crippen molar-refractivity contribution >= 4 is 0 Å². The molecule has 16 heavy (non-hydrogen) atoms. The van der Waals surface area contributed by atoms with Gasteiger partial charge in [-0.15, -0.1) is 0 Å². The number of methoxy groups -OCH3 is 1. The van der Waals surface area contributed by atoms with E-state index in [1.54, 1.807) is 7.11 Å². The van der Waals surface area contributed by atoms with Crippen molar-refractivity contribution in [1.82, 2.24) is 5.32 Å². The van der Waals surface area contributed by atoms with E-state index in [4.69, 9.17) is 4.74 Å². The lowest BCUT2D eigenvalue weighted by atomic mass is 9.94. The summed E-state index contributed by atoms with van der Waals surface area (Å²) in [6.07, 6.45) is 2.53. The molecule has 0 aromatic heterocycles. The number of rotatable bonds is 3. The van der Waals surface area contributed by atoms with Gasteiger partial charge in [-0.1, -0.05) is 24.3 Å². The van der Waals surface area contributed by atoms with E-state index in [2.05, 4.69) is 43.4 Å². The van der Waals surface area contributed by atoms with Crippen LogP contribution in [0.15, 0.2) is 24.3 Å². The number of ether oxygens (including phenoxy) is 1. The third-order valence-corrected chi connectivity index (χ3v) is 3.55. The minimum atomic E-state index is -0.200. The molecule has 0 bridgehead atoms. The monoisotopic (exact) mass is 219 g/mol. The van der Waals surface area contributed by atoms with Gasteiger partial charge in [-0.2, -0.15) is 0 Å². The van der Waals surface area contributed by atoms with Crippen molar-refractivity contribution in [3.05, 3.63) is 35.4 Å². The first-order chi connectivity index (χ1) is 7.63. The maximum Gasteiger partial charge on any atom is 0.0871 e. The SMILES string of the molecule is COC(C)(C)c1cccc(C2CCCN2)c1. The minimum Gasteiger partial charge on any atom is -0.374 e. The molecule has 1 aliphatic rings. The van der Waals surface area contributed by atoms with Gasteiger partial charge in [0, 0.05) is 13.2 Å². The Morgan fingerprint density at radius 1 is 1.38 bits per heavy atom. The van der Waals surface area contributed by atoms with Crippen LogP contribution in [0.5, 0.6) is 0 Å². The minimum absolute atomic E-state index is 0.200. The zero-order chi connectivity index (χ0) is 11.6. The molecule has 2 heteroatoms. The van der Waals surface area contributed by atoms with Crippen LogP contribution in [-0.4, -0.2) is 13.7 Å². The van der Waals surface area contributed by atoms with Crippen molar-refractivity contribution in [2.24, 2.45) is 0 Å². The molecule has 88 valence electrons. The molecule has 1 atom stereocenters. The van der Waals surface area contributed by atoms with E-state index in [0.29, 0.717) is 6.04 Å². The average Bonchev–Trinajstić information content (AvgIpc) is 2.83. The summed E-state index contributed by atoms with van der Waals surface area (Å²) in [5.74, 6) is 0. The molecule has 1 N–H and O–H groups in total. The Morgan fingerprint density at radius 3 is 2.81 bits per heavy atom. The molecule has 2 nitrogen and oxygen atoms in total. The highest BCUT2D eigenvalue weighted by Gasteiger charge is 2.22. The topological polar surface area (TPSA) is 21.3 Å². The van der Waals surface area contributed by atoms with Gasteiger partial charge in [-0.05, 0) is 44.4 Å². The highest BCUT2D eigenvalue weighted by Crippen LogP contribution is 2.29. The van der Waals surface area contributed by atoms with Gasteiger partial charge in [0.15, 0.2) is 0 Å². The van der Waals surface area contributed by atoms with Crippen molar-refractivity contribution < 1.29 is 4.74 Å². The first kappa shape index (κ1) is 11.6. The van der Waals surface area contributed by atoms with E-state index in [9.17, 15) is 0 Å². The molecule has 0 radical (unpaired) electrons. The lowest BCUT2D eigenvalue weighted by Gasteiger charge is -2.24. The quantitative estimate of drug-likeness (QED) is 0.843. The summed E-state index contributed by atoms with van der Waals surface area (Å²) in [6.45, 7) is 5.35. The third kappa shape index (κ3) is 2.28. The Hall–Kier alpha value is -0.860. The van der Waals surface area contributed by atoms with Crippen molar-refractivity contribution in [1.29, 1.82) is 0 Å². The normalized spacial score (nSPS) is 21.3. The second kappa shape index (κ2) is 4.56. The lowest BCUT2D eigenvalue weighted by molar-refractivity contribution is 0.0191. The van der Waals surface area contributed by atoms with Crippen molar-refractivity contribution in [3.8, 4) is 0 Å². The van der Waals surface area contributed by atoms with Crippen LogP contribution < -0.4 is 5.32 Å². The molecule has 0 aliphatic carbocycles. The van der Waals surface area contributed by atoms with Crippen LogP contribution in [0.25, 0.3) is 0 Å². The van der Waals surface area contributed by atoms with Crippen LogP contribution in [0.2, 0.25) is 0 Å². The summed E-state index contributed by atoms with van der Waals surface area (Å²) < 4.78 is 5.52. The highest BCUT2D eigenvalue weighted by molar-refractivity contribution is 5.30.